The van der Waals surface area contributed by atoms with Crippen LogP contribution in [-0.2, 0) is 4.79 Å². The minimum Gasteiger partial charge on any atom is -0.493 e. The molecule has 7 heteroatoms. The number of fused-ring (bicyclic) bond motifs is 1. The van der Waals surface area contributed by atoms with Gasteiger partial charge in [-0.2, -0.15) is 0 Å². The molecule has 2 heterocycles. The fourth-order valence-electron chi connectivity index (χ4n) is 2.64. The lowest BCUT2D eigenvalue weighted by molar-refractivity contribution is -0.112. The normalized spacial score (nSPS) is 13.0. The smallest absolute Gasteiger partial charge is 0.315 e. The molecule has 24 heavy (non-hydrogen) atoms. The van der Waals surface area contributed by atoms with Crippen LogP contribution in [0.4, 0.5) is 0 Å². The number of para-hydroxylation sites is 1. The number of hydrogen-bond donors (Lipinski definition) is 1. The van der Waals surface area contributed by atoms with E-state index >= 15 is 0 Å². The molecule has 0 radical (unpaired) electrons. The van der Waals surface area contributed by atoms with Gasteiger partial charge in [0.2, 0.25) is 5.88 Å². The van der Waals surface area contributed by atoms with E-state index in [1.54, 1.807) is 42.5 Å². The van der Waals surface area contributed by atoms with Gasteiger partial charge in [0.25, 0.3) is 5.91 Å². The number of carbonyl (C=O) groups is 1. The highest BCUT2D eigenvalue weighted by Gasteiger charge is 2.26. The molecule has 1 amide bonds. The second-order valence-corrected chi connectivity index (χ2v) is 6.54. The highest BCUT2D eigenvalue weighted by Crippen LogP contribution is 2.30. The third-order valence-electron chi connectivity index (χ3n) is 3.69. The second kappa shape index (κ2) is 5.43. The van der Waals surface area contributed by atoms with Crippen LogP contribution < -0.4 is 15.4 Å². The first-order chi connectivity index (χ1) is 11.6. The van der Waals surface area contributed by atoms with Crippen molar-refractivity contribution in [3.05, 3.63) is 78.7 Å². The van der Waals surface area contributed by atoms with Crippen LogP contribution >= 0.6 is 22.9 Å². The van der Waals surface area contributed by atoms with E-state index in [0.717, 1.165) is 11.3 Å². The Morgan fingerprint density at radius 3 is 2.58 bits per heavy atom. The summed E-state index contributed by atoms with van der Waals surface area (Å²) in [5.74, 6) is -0.772. The zero-order chi connectivity index (χ0) is 16.8. The first kappa shape index (κ1) is 14.9. The van der Waals surface area contributed by atoms with E-state index in [1.165, 1.54) is 4.57 Å². The van der Waals surface area contributed by atoms with Crippen LogP contribution in [-0.4, -0.2) is 15.6 Å². The van der Waals surface area contributed by atoms with Crippen LogP contribution in [0.15, 0.2) is 58.3 Å². The summed E-state index contributed by atoms with van der Waals surface area (Å²) < 4.78 is 1.17. The van der Waals surface area contributed by atoms with Crippen LogP contribution in [0.5, 0.6) is 5.88 Å². The predicted octanol–water partition coefficient (Wildman–Crippen LogP) is 1.62. The lowest BCUT2D eigenvalue weighted by Gasteiger charge is -2.03. The number of amides is 1. The van der Waals surface area contributed by atoms with Gasteiger partial charge in [-0.1, -0.05) is 41.1 Å². The Balaban J connectivity index is 2.04. The molecular weight excluding hydrogens is 348 g/mol. The molecule has 1 aliphatic heterocycles. The summed E-state index contributed by atoms with van der Waals surface area (Å²) in [6, 6.07) is 13.6. The molecule has 5 nitrogen and oxygen atoms in total. The Morgan fingerprint density at radius 2 is 1.83 bits per heavy atom. The molecule has 118 valence electrons. The van der Waals surface area contributed by atoms with Crippen molar-refractivity contribution in [1.29, 1.82) is 0 Å². The number of hydrogen-bond acceptors (Lipinski definition) is 4. The summed E-state index contributed by atoms with van der Waals surface area (Å²) in [6.45, 7) is 0. The Kier molecular flexibility index (Phi) is 3.37. The van der Waals surface area contributed by atoms with Gasteiger partial charge in [0.15, 0.2) is 0 Å². The third-order valence-corrected chi connectivity index (χ3v) is 4.88. The summed E-state index contributed by atoms with van der Waals surface area (Å²) in [5, 5.41) is 12.0. The second-order valence-electron chi connectivity index (χ2n) is 5.15. The third kappa shape index (κ3) is 2.19. The average molecular weight is 357 g/mol. The fraction of sp³-hybridized carbons (Fsp3) is 0. The quantitative estimate of drug-likeness (QED) is 0.758. The van der Waals surface area contributed by atoms with Crippen molar-refractivity contribution in [2.24, 2.45) is 4.99 Å². The summed E-state index contributed by atoms with van der Waals surface area (Å²) in [6.07, 6.45) is 0. The molecule has 0 fully saturated rings. The molecule has 0 saturated carbocycles. The van der Waals surface area contributed by atoms with Gasteiger partial charge in [0, 0.05) is 10.2 Å². The van der Waals surface area contributed by atoms with E-state index in [4.69, 9.17) is 11.6 Å². The number of aromatic hydroxyl groups is 1. The molecule has 0 atom stereocenters. The van der Waals surface area contributed by atoms with Gasteiger partial charge in [-0.25, -0.2) is 9.56 Å². The van der Waals surface area contributed by atoms with E-state index in [2.05, 4.69) is 4.99 Å². The zero-order valence-corrected chi connectivity index (χ0v) is 13.6. The van der Waals surface area contributed by atoms with Crippen molar-refractivity contribution in [2.75, 3.05) is 0 Å². The SMILES string of the molecule is O=C1N=c2ccc(Cl)cc2=C1c1sc(=O)n(-c2ccccc2)c1O. The maximum atomic E-state index is 12.3. The van der Waals surface area contributed by atoms with E-state index in [1.807, 2.05) is 6.07 Å². The summed E-state index contributed by atoms with van der Waals surface area (Å²) in [7, 11) is 0. The number of thiazole rings is 1. The Hall–Kier alpha value is -2.70. The minimum absolute atomic E-state index is 0.193. The van der Waals surface area contributed by atoms with Crippen LogP contribution in [0.3, 0.4) is 0 Å². The van der Waals surface area contributed by atoms with Crippen molar-refractivity contribution < 1.29 is 9.90 Å². The molecule has 1 aromatic heterocycles. The van der Waals surface area contributed by atoms with Gasteiger partial charge in [0.1, 0.15) is 4.88 Å². The monoisotopic (exact) mass is 356 g/mol. The van der Waals surface area contributed by atoms with Gasteiger partial charge in [-0.15, -0.1) is 0 Å². The Labute approximate surface area is 144 Å². The standard InChI is InChI=1S/C17H9ClN2O3S/c18-9-6-7-12-11(8-9)13(15(21)19-12)14-16(22)20(17(23)24-14)10-4-2-1-3-5-10/h1-8,22H. The lowest BCUT2D eigenvalue weighted by atomic mass is 10.1. The molecule has 0 unspecified atom stereocenters. The van der Waals surface area contributed by atoms with Gasteiger partial charge in [-0.3, -0.25) is 9.59 Å². The number of nitrogens with zero attached hydrogens (tertiary/aromatic N) is 2. The van der Waals surface area contributed by atoms with Gasteiger partial charge < -0.3 is 5.11 Å². The molecule has 3 aromatic rings. The Morgan fingerprint density at radius 1 is 1.08 bits per heavy atom. The van der Waals surface area contributed by atoms with Gasteiger partial charge in [0.05, 0.1) is 16.6 Å². The maximum absolute atomic E-state index is 12.3. The lowest BCUT2D eigenvalue weighted by Crippen LogP contribution is -2.22. The fourth-order valence-corrected chi connectivity index (χ4v) is 3.75. The zero-order valence-electron chi connectivity index (χ0n) is 12.1. The maximum Gasteiger partial charge on any atom is 0.315 e. The highest BCUT2D eigenvalue weighted by atomic mass is 35.5. The van der Waals surface area contributed by atoms with Crippen molar-refractivity contribution >= 4 is 34.4 Å². The van der Waals surface area contributed by atoms with Crippen molar-refractivity contribution in [3.63, 3.8) is 0 Å². The van der Waals surface area contributed by atoms with E-state index in [0.29, 0.717) is 21.3 Å². The van der Waals surface area contributed by atoms with E-state index in [-0.39, 0.29) is 21.2 Å². The number of carbonyl (C=O) groups excluding carboxylic acids is 1. The Bertz CT molecular complexity index is 1160. The molecule has 2 aromatic carbocycles. The van der Waals surface area contributed by atoms with Crippen molar-refractivity contribution in [1.82, 2.24) is 4.57 Å². The molecule has 0 saturated heterocycles. The minimum atomic E-state index is -0.496. The number of aromatic nitrogens is 1. The number of benzene rings is 2. The van der Waals surface area contributed by atoms with E-state index < -0.39 is 5.91 Å². The van der Waals surface area contributed by atoms with Gasteiger partial charge >= 0.3 is 4.87 Å². The summed E-state index contributed by atoms with van der Waals surface area (Å²) in [4.78, 5) is 28.4. The molecule has 0 aliphatic carbocycles. The number of halogens is 1. The largest absolute Gasteiger partial charge is 0.493 e. The van der Waals surface area contributed by atoms with Crippen LogP contribution in [0, 0.1) is 0 Å². The van der Waals surface area contributed by atoms with E-state index in [9.17, 15) is 14.7 Å². The molecule has 0 bridgehead atoms. The van der Waals surface area contributed by atoms with Crippen LogP contribution in [0.2, 0.25) is 5.02 Å². The van der Waals surface area contributed by atoms with Crippen molar-refractivity contribution in [3.8, 4) is 11.6 Å². The number of rotatable bonds is 2. The van der Waals surface area contributed by atoms with Crippen LogP contribution in [0.25, 0.3) is 11.3 Å². The molecular formula is C17H9ClN2O3S. The predicted molar refractivity (Wildman–Crippen MR) is 91.3 cm³/mol. The molecule has 4 rings (SSSR count). The van der Waals surface area contributed by atoms with Gasteiger partial charge in [-0.05, 0) is 30.3 Å². The van der Waals surface area contributed by atoms with Crippen LogP contribution in [0.1, 0.15) is 4.88 Å². The highest BCUT2D eigenvalue weighted by molar-refractivity contribution is 7.11. The molecule has 1 aliphatic rings. The molecule has 0 spiro atoms. The first-order valence-corrected chi connectivity index (χ1v) is 8.19. The summed E-state index contributed by atoms with van der Waals surface area (Å²) >= 11 is 6.81. The first-order valence-electron chi connectivity index (χ1n) is 7.00. The topological polar surface area (TPSA) is 71.7 Å². The average Bonchev–Trinajstić information content (AvgIpc) is 3.03. The molecule has 1 N–H and O–H groups in total. The van der Waals surface area contributed by atoms with Crippen molar-refractivity contribution in [2.45, 2.75) is 0 Å². The summed E-state index contributed by atoms with van der Waals surface area (Å²) in [5.41, 5.74) is 0.721.